The van der Waals surface area contributed by atoms with Crippen LogP contribution in [-0.2, 0) is 0 Å². The first-order valence-electron chi connectivity index (χ1n) is 8.78. The zero-order valence-corrected chi connectivity index (χ0v) is 13.8. The second kappa shape index (κ2) is 14.7. The Morgan fingerprint density at radius 3 is 1.95 bits per heavy atom. The first-order chi connectivity index (χ1) is 9.70. The predicted molar refractivity (Wildman–Crippen MR) is 90.2 cm³/mol. The molecule has 0 bridgehead atoms. The molecule has 0 aliphatic carbocycles. The Morgan fingerprint density at radius 1 is 0.850 bits per heavy atom. The lowest BCUT2D eigenvalue weighted by molar-refractivity contribution is 0.375. The van der Waals surface area contributed by atoms with E-state index in [1.165, 1.54) is 70.6 Å². The van der Waals surface area contributed by atoms with Crippen molar-refractivity contribution in [3.05, 3.63) is 0 Å². The van der Waals surface area contributed by atoms with Crippen molar-refractivity contribution in [2.45, 2.75) is 90.9 Å². The Morgan fingerprint density at radius 2 is 1.35 bits per heavy atom. The molecule has 4 N–H and O–H groups in total. The van der Waals surface area contributed by atoms with Crippen LogP contribution in [0.15, 0.2) is 0 Å². The number of rotatable bonds is 14. The van der Waals surface area contributed by atoms with Gasteiger partial charge in [-0.3, -0.25) is 5.41 Å². The van der Waals surface area contributed by atoms with E-state index in [1.54, 1.807) is 0 Å². The summed E-state index contributed by atoms with van der Waals surface area (Å²) in [7, 11) is 0. The summed E-state index contributed by atoms with van der Waals surface area (Å²) in [4.78, 5) is 0. The highest BCUT2D eigenvalue weighted by Crippen LogP contribution is 2.22. The van der Waals surface area contributed by atoms with Crippen LogP contribution >= 0.6 is 0 Å². The van der Waals surface area contributed by atoms with Crippen molar-refractivity contribution in [3.63, 3.8) is 0 Å². The lowest BCUT2D eigenvalue weighted by atomic mass is 9.90. The van der Waals surface area contributed by atoms with E-state index in [0.717, 1.165) is 18.9 Å². The molecule has 0 aliphatic heterocycles. The van der Waals surface area contributed by atoms with Gasteiger partial charge in [-0.1, -0.05) is 78.1 Å². The first kappa shape index (κ1) is 19.3. The van der Waals surface area contributed by atoms with Crippen LogP contribution in [0.3, 0.4) is 0 Å². The van der Waals surface area contributed by atoms with Crippen molar-refractivity contribution in [1.82, 2.24) is 5.32 Å². The van der Waals surface area contributed by atoms with Gasteiger partial charge in [-0.2, -0.15) is 0 Å². The normalized spacial score (nSPS) is 12.3. The second-order valence-electron chi connectivity index (χ2n) is 6.05. The molecular formula is C17H37N3. The van der Waals surface area contributed by atoms with E-state index in [2.05, 4.69) is 19.2 Å². The van der Waals surface area contributed by atoms with Crippen molar-refractivity contribution < 1.29 is 0 Å². The molecule has 1 atom stereocenters. The van der Waals surface area contributed by atoms with Crippen LogP contribution < -0.4 is 11.1 Å². The minimum absolute atomic E-state index is 0.104. The highest BCUT2D eigenvalue weighted by Gasteiger charge is 2.08. The molecule has 3 heteroatoms. The third kappa shape index (κ3) is 13.7. The van der Waals surface area contributed by atoms with Crippen molar-refractivity contribution in [3.8, 4) is 0 Å². The van der Waals surface area contributed by atoms with Gasteiger partial charge in [0.25, 0.3) is 0 Å². The summed E-state index contributed by atoms with van der Waals surface area (Å²) < 4.78 is 0. The monoisotopic (exact) mass is 283 g/mol. The van der Waals surface area contributed by atoms with Crippen LogP contribution in [0.5, 0.6) is 0 Å². The maximum atomic E-state index is 7.16. The number of guanidine groups is 1. The number of unbranched alkanes of at least 4 members (excludes halogenated alkanes) is 6. The fraction of sp³-hybridized carbons (Fsp3) is 0.941. The van der Waals surface area contributed by atoms with E-state index in [4.69, 9.17) is 11.1 Å². The van der Waals surface area contributed by atoms with Gasteiger partial charge in [-0.15, -0.1) is 0 Å². The van der Waals surface area contributed by atoms with E-state index in [1.807, 2.05) is 0 Å². The molecule has 0 radical (unpaired) electrons. The maximum absolute atomic E-state index is 7.16. The second-order valence-corrected chi connectivity index (χ2v) is 6.05. The van der Waals surface area contributed by atoms with Crippen molar-refractivity contribution in [2.75, 3.05) is 6.54 Å². The number of hydrogen-bond acceptors (Lipinski definition) is 1. The summed E-state index contributed by atoms with van der Waals surface area (Å²) in [5, 5.41) is 10.1. The van der Waals surface area contributed by atoms with Gasteiger partial charge in [0.1, 0.15) is 0 Å². The zero-order valence-electron chi connectivity index (χ0n) is 13.8. The molecular weight excluding hydrogens is 246 g/mol. The zero-order chi connectivity index (χ0) is 15.1. The van der Waals surface area contributed by atoms with Crippen LogP contribution in [0.1, 0.15) is 90.9 Å². The standard InChI is InChI=1S/C17H37N3/c1-3-5-7-8-10-13-16(12-9-6-4-2)14-11-15-20-17(18)19/h16H,3-15H2,1-2H3,(H4,18,19,20). The molecule has 0 aromatic carbocycles. The van der Waals surface area contributed by atoms with Gasteiger partial charge in [0.15, 0.2) is 5.96 Å². The van der Waals surface area contributed by atoms with E-state index in [9.17, 15) is 0 Å². The molecule has 120 valence electrons. The Kier molecular flexibility index (Phi) is 14.1. The lowest BCUT2D eigenvalue weighted by Gasteiger charge is -2.17. The molecule has 0 saturated heterocycles. The van der Waals surface area contributed by atoms with Crippen LogP contribution in [0.25, 0.3) is 0 Å². The van der Waals surface area contributed by atoms with E-state index in [-0.39, 0.29) is 5.96 Å². The van der Waals surface area contributed by atoms with Crippen LogP contribution in [0, 0.1) is 11.3 Å². The molecule has 0 saturated carbocycles. The summed E-state index contributed by atoms with van der Waals surface area (Å²) >= 11 is 0. The smallest absolute Gasteiger partial charge is 0.185 e. The predicted octanol–water partition coefficient (Wildman–Crippen LogP) is 4.81. The number of nitrogens with two attached hydrogens (primary N) is 1. The minimum atomic E-state index is 0.104. The van der Waals surface area contributed by atoms with E-state index < -0.39 is 0 Å². The number of hydrogen-bond donors (Lipinski definition) is 3. The molecule has 1 unspecified atom stereocenters. The van der Waals surface area contributed by atoms with Gasteiger partial charge in [0, 0.05) is 6.54 Å². The highest BCUT2D eigenvalue weighted by atomic mass is 15.0. The van der Waals surface area contributed by atoms with Crippen LogP contribution in [0.4, 0.5) is 0 Å². The summed E-state index contributed by atoms with van der Waals surface area (Å²) in [6, 6.07) is 0. The first-order valence-corrected chi connectivity index (χ1v) is 8.78. The van der Waals surface area contributed by atoms with Gasteiger partial charge in [0.05, 0.1) is 0 Å². The fourth-order valence-electron chi connectivity index (χ4n) is 2.77. The summed E-state index contributed by atoms with van der Waals surface area (Å²) in [6.45, 7) is 5.40. The van der Waals surface area contributed by atoms with Gasteiger partial charge in [0.2, 0.25) is 0 Å². The summed E-state index contributed by atoms with van der Waals surface area (Å²) in [6.07, 6.45) is 16.2. The molecule has 0 heterocycles. The Hall–Kier alpha value is -0.730. The molecule has 0 rings (SSSR count). The van der Waals surface area contributed by atoms with Crippen LogP contribution in [-0.4, -0.2) is 12.5 Å². The molecule has 0 aromatic heterocycles. The Balaban J connectivity index is 3.72. The molecule has 20 heavy (non-hydrogen) atoms. The Labute approximate surface area is 126 Å². The van der Waals surface area contributed by atoms with Gasteiger partial charge < -0.3 is 11.1 Å². The Bertz CT molecular complexity index is 216. The average molecular weight is 284 g/mol. The van der Waals surface area contributed by atoms with Crippen molar-refractivity contribution >= 4 is 5.96 Å². The molecule has 3 nitrogen and oxygen atoms in total. The van der Waals surface area contributed by atoms with E-state index in [0.29, 0.717) is 0 Å². The maximum Gasteiger partial charge on any atom is 0.185 e. The third-order valence-electron chi connectivity index (χ3n) is 4.04. The van der Waals surface area contributed by atoms with Gasteiger partial charge >= 0.3 is 0 Å². The van der Waals surface area contributed by atoms with Gasteiger partial charge in [-0.25, -0.2) is 0 Å². The van der Waals surface area contributed by atoms with Crippen molar-refractivity contribution in [2.24, 2.45) is 11.7 Å². The molecule has 0 aliphatic rings. The number of nitrogens with one attached hydrogen (secondary N) is 2. The lowest BCUT2D eigenvalue weighted by Crippen LogP contribution is -2.31. The SMILES string of the molecule is CCCCCCCC(CCCCC)CCCNC(=N)N. The molecule has 0 amide bonds. The molecule has 0 spiro atoms. The highest BCUT2D eigenvalue weighted by molar-refractivity contribution is 5.74. The molecule has 0 aromatic rings. The fourth-order valence-corrected chi connectivity index (χ4v) is 2.77. The largest absolute Gasteiger partial charge is 0.370 e. The van der Waals surface area contributed by atoms with E-state index >= 15 is 0 Å². The van der Waals surface area contributed by atoms with Crippen molar-refractivity contribution in [1.29, 1.82) is 5.41 Å². The van der Waals surface area contributed by atoms with Gasteiger partial charge in [-0.05, 0) is 18.8 Å². The molecule has 0 fully saturated rings. The summed E-state index contributed by atoms with van der Waals surface area (Å²) in [5.41, 5.74) is 5.31. The van der Waals surface area contributed by atoms with Crippen LogP contribution in [0.2, 0.25) is 0 Å². The average Bonchev–Trinajstić information content (AvgIpc) is 2.42. The quantitative estimate of drug-likeness (QED) is 0.243. The topological polar surface area (TPSA) is 61.9 Å². The third-order valence-corrected chi connectivity index (χ3v) is 4.04. The summed E-state index contributed by atoms with van der Waals surface area (Å²) in [5.74, 6) is 0.990. The minimum Gasteiger partial charge on any atom is -0.370 e.